The van der Waals surface area contributed by atoms with Crippen molar-refractivity contribution in [2.75, 3.05) is 19.6 Å². The van der Waals surface area contributed by atoms with Crippen molar-refractivity contribution in [3.05, 3.63) is 0 Å². The largest absolute Gasteiger partial charge is 0.369 e. The average Bonchev–Trinajstić information content (AvgIpc) is 2.41. The van der Waals surface area contributed by atoms with Crippen molar-refractivity contribution in [1.29, 1.82) is 0 Å². The third-order valence-corrected chi connectivity index (χ3v) is 7.73. The van der Waals surface area contributed by atoms with Crippen LogP contribution < -0.4 is 0 Å². The van der Waals surface area contributed by atoms with Crippen molar-refractivity contribution in [2.24, 2.45) is 0 Å². The molecule has 8 nitrogen and oxygen atoms in total. The summed E-state index contributed by atoms with van der Waals surface area (Å²) >= 11 is 0. The fraction of sp³-hybridized carbons (Fsp3) is 1.00. The van der Waals surface area contributed by atoms with Crippen LogP contribution in [0.4, 0.5) is 0 Å². The van der Waals surface area contributed by atoms with Crippen LogP contribution in [0.5, 0.6) is 0 Å². The van der Waals surface area contributed by atoms with Gasteiger partial charge in [0.05, 0.1) is 0 Å². The summed E-state index contributed by atoms with van der Waals surface area (Å²) in [5.41, 5.74) is 0. The molecule has 5 N–H and O–H groups in total. The van der Waals surface area contributed by atoms with Crippen LogP contribution in [-0.4, -0.2) is 54.3 Å². The summed E-state index contributed by atoms with van der Waals surface area (Å²) in [6.07, 6.45) is 5.19. The molecule has 0 atom stereocenters. The molecule has 0 aliphatic carbocycles. The molecule has 0 aliphatic rings. The van der Waals surface area contributed by atoms with Gasteiger partial charge in [-0.3, -0.25) is 9.13 Å². The van der Waals surface area contributed by atoms with Crippen molar-refractivity contribution < 1.29 is 33.8 Å². The molecule has 0 amide bonds. The minimum atomic E-state index is -5.36. The predicted octanol–water partition coefficient (Wildman–Crippen LogP) is 2.06. The van der Waals surface area contributed by atoms with Gasteiger partial charge in [-0.1, -0.05) is 39.5 Å². The monoisotopic (exact) mass is 375 g/mol. The van der Waals surface area contributed by atoms with E-state index in [4.69, 9.17) is 19.6 Å². The molecule has 0 aliphatic heterocycles. The summed E-state index contributed by atoms with van der Waals surface area (Å²) in [4.78, 5) is 38.6. The molecule has 0 aromatic rings. The van der Waals surface area contributed by atoms with Crippen LogP contribution in [0, 0.1) is 0 Å². The molecule has 0 rings (SSSR count). The van der Waals surface area contributed by atoms with Gasteiger partial charge in [0, 0.05) is 13.0 Å². The average molecular weight is 375 g/mol. The lowest BCUT2D eigenvalue weighted by Crippen LogP contribution is -2.36. The second-order valence-electron chi connectivity index (χ2n) is 5.87. The fourth-order valence-corrected chi connectivity index (χ4v) is 4.42. The zero-order valence-electron chi connectivity index (χ0n) is 14.0. The molecule has 10 heteroatoms. The van der Waals surface area contributed by atoms with E-state index in [1.807, 2.05) is 4.90 Å². The van der Waals surface area contributed by atoms with E-state index < -0.39 is 26.7 Å². The normalized spacial score (nSPS) is 13.7. The second kappa shape index (κ2) is 10.3. The Balaban J connectivity index is 4.88. The number of hydrogen-bond acceptors (Lipinski definition) is 4. The summed E-state index contributed by atoms with van der Waals surface area (Å²) < 4.78 is 22.7. The highest BCUT2D eigenvalue weighted by molar-refractivity contribution is 7.72. The highest BCUT2D eigenvalue weighted by Crippen LogP contribution is 2.68. The highest BCUT2D eigenvalue weighted by atomic mass is 31.2. The molecule has 0 saturated heterocycles. The second-order valence-corrected chi connectivity index (χ2v) is 9.88. The lowest BCUT2D eigenvalue weighted by atomic mass is 10.2. The SMILES string of the molecule is CCCCCN(CCCCC)CCC(O)(P(=O)(O)O)P(=O)(O)O. The third kappa shape index (κ3) is 7.76. The molecule has 0 saturated carbocycles. The van der Waals surface area contributed by atoms with Gasteiger partial charge < -0.3 is 29.6 Å². The van der Waals surface area contributed by atoms with Crippen LogP contribution in [0.3, 0.4) is 0 Å². The van der Waals surface area contributed by atoms with Crippen LogP contribution in [0.1, 0.15) is 58.8 Å². The highest BCUT2D eigenvalue weighted by Gasteiger charge is 2.58. The molecule has 0 aromatic carbocycles. The van der Waals surface area contributed by atoms with Gasteiger partial charge in [0.1, 0.15) is 0 Å². The van der Waals surface area contributed by atoms with Crippen LogP contribution in [0.25, 0.3) is 0 Å². The maximum atomic E-state index is 11.4. The number of nitrogens with zero attached hydrogens (tertiary/aromatic N) is 1. The summed E-state index contributed by atoms with van der Waals surface area (Å²) in [6, 6.07) is 0. The molecule has 0 unspecified atom stereocenters. The van der Waals surface area contributed by atoms with E-state index in [1.54, 1.807) is 0 Å². The van der Waals surface area contributed by atoms with Crippen molar-refractivity contribution in [1.82, 2.24) is 4.90 Å². The number of rotatable bonds is 13. The Hall–Kier alpha value is 0.220. The quantitative estimate of drug-likeness (QED) is 0.244. The Morgan fingerprint density at radius 2 is 1.17 bits per heavy atom. The molecular formula is C13H31NO7P2. The fourth-order valence-electron chi connectivity index (χ4n) is 2.28. The van der Waals surface area contributed by atoms with E-state index >= 15 is 0 Å². The first-order chi connectivity index (χ1) is 10.5. The van der Waals surface area contributed by atoms with Crippen molar-refractivity contribution in [3.63, 3.8) is 0 Å². The minimum absolute atomic E-state index is 0.0279. The molecule has 0 fully saturated rings. The minimum Gasteiger partial charge on any atom is -0.367 e. The zero-order valence-corrected chi connectivity index (χ0v) is 15.8. The number of hydrogen-bond donors (Lipinski definition) is 5. The van der Waals surface area contributed by atoms with E-state index in [0.29, 0.717) is 13.1 Å². The Morgan fingerprint density at radius 1 is 0.783 bits per heavy atom. The molecule has 140 valence electrons. The van der Waals surface area contributed by atoms with Gasteiger partial charge in [-0.15, -0.1) is 0 Å². The van der Waals surface area contributed by atoms with E-state index in [1.165, 1.54) is 0 Å². The van der Waals surface area contributed by atoms with Gasteiger partial charge >= 0.3 is 15.2 Å². The summed E-state index contributed by atoms with van der Waals surface area (Å²) in [5, 5.41) is 6.61. The Bertz CT molecular complexity index is 389. The maximum absolute atomic E-state index is 11.4. The summed E-state index contributed by atoms with van der Waals surface area (Å²) in [5.74, 6) is 0. The number of aliphatic hydroxyl groups is 1. The van der Waals surface area contributed by atoms with E-state index in [-0.39, 0.29) is 6.54 Å². The lowest BCUT2D eigenvalue weighted by Gasteiger charge is -2.32. The van der Waals surface area contributed by atoms with E-state index in [2.05, 4.69) is 13.8 Å². The lowest BCUT2D eigenvalue weighted by molar-refractivity contribution is 0.107. The van der Waals surface area contributed by atoms with Gasteiger partial charge in [0.25, 0.3) is 5.08 Å². The first-order valence-electron chi connectivity index (χ1n) is 8.05. The predicted molar refractivity (Wildman–Crippen MR) is 89.1 cm³/mol. The first kappa shape index (κ1) is 23.2. The van der Waals surface area contributed by atoms with Crippen molar-refractivity contribution >= 4 is 15.2 Å². The summed E-state index contributed by atoms with van der Waals surface area (Å²) in [6.45, 7) is 5.50. The molecular weight excluding hydrogens is 344 g/mol. The molecule has 0 spiro atoms. The number of unbranched alkanes of at least 4 members (excludes halogenated alkanes) is 4. The molecule has 0 heterocycles. The third-order valence-electron chi connectivity index (χ3n) is 3.85. The smallest absolute Gasteiger partial charge is 0.367 e. The Morgan fingerprint density at radius 3 is 1.48 bits per heavy atom. The van der Waals surface area contributed by atoms with Gasteiger partial charge in [-0.25, -0.2) is 0 Å². The van der Waals surface area contributed by atoms with Crippen LogP contribution in [0.2, 0.25) is 0 Å². The molecule has 0 radical (unpaired) electrons. The van der Waals surface area contributed by atoms with Gasteiger partial charge in [-0.2, -0.15) is 0 Å². The van der Waals surface area contributed by atoms with Crippen LogP contribution in [0.15, 0.2) is 0 Å². The van der Waals surface area contributed by atoms with Crippen LogP contribution in [-0.2, 0) is 9.13 Å². The van der Waals surface area contributed by atoms with Gasteiger partial charge in [0.15, 0.2) is 0 Å². The zero-order chi connectivity index (χ0) is 18.1. The van der Waals surface area contributed by atoms with Crippen LogP contribution >= 0.6 is 15.2 Å². The van der Waals surface area contributed by atoms with E-state index in [9.17, 15) is 14.2 Å². The molecule has 0 bridgehead atoms. The van der Waals surface area contributed by atoms with E-state index in [0.717, 1.165) is 38.5 Å². The standard InChI is InChI=1S/C13H31NO7P2/c1-3-5-7-10-14(11-8-6-4-2)12-9-13(15,22(16,17)18)23(19,20)21/h15H,3-12H2,1-2H3,(H2,16,17,18)(H2,19,20,21). The molecule has 23 heavy (non-hydrogen) atoms. The van der Waals surface area contributed by atoms with Crippen molar-refractivity contribution in [2.45, 2.75) is 63.9 Å². The first-order valence-corrected chi connectivity index (χ1v) is 11.3. The topological polar surface area (TPSA) is 139 Å². The van der Waals surface area contributed by atoms with Gasteiger partial charge in [0.2, 0.25) is 0 Å². The van der Waals surface area contributed by atoms with Crippen molar-refractivity contribution in [3.8, 4) is 0 Å². The Labute approximate surface area is 138 Å². The summed E-state index contributed by atoms with van der Waals surface area (Å²) in [7, 11) is -10.7. The maximum Gasteiger partial charge on any atom is 0.369 e. The Kier molecular flexibility index (Phi) is 10.4. The molecule has 0 aromatic heterocycles. The van der Waals surface area contributed by atoms with Gasteiger partial charge in [-0.05, 0) is 25.9 Å².